The highest BCUT2D eigenvalue weighted by atomic mass is 16.5. The van der Waals surface area contributed by atoms with Gasteiger partial charge in [-0.15, -0.1) is 5.10 Å². The largest absolute Gasteiger partial charge is 0.407 e. The lowest BCUT2D eigenvalue weighted by Gasteiger charge is -2.43. The van der Waals surface area contributed by atoms with Crippen LogP contribution in [-0.4, -0.2) is 43.0 Å². The van der Waals surface area contributed by atoms with Crippen LogP contribution in [0.4, 0.5) is 6.01 Å². The van der Waals surface area contributed by atoms with E-state index in [1.165, 1.54) is 38.5 Å². The van der Waals surface area contributed by atoms with E-state index in [4.69, 9.17) is 9.15 Å². The average molecular weight is 294 g/mol. The molecule has 2 unspecified atom stereocenters. The Kier molecular flexibility index (Phi) is 5.08. The molecule has 0 aromatic carbocycles. The molecule has 118 valence electrons. The summed E-state index contributed by atoms with van der Waals surface area (Å²) in [7, 11) is 1.70. The van der Waals surface area contributed by atoms with Crippen molar-refractivity contribution in [2.75, 3.05) is 31.7 Å². The first kappa shape index (κ1) is 14.8. The summed E-state index contributed by atoms with van der Waals surface area (Å²) >= 11 is 0. The molecule has 1 aliphatic carbocycles. The third-order valence-electron chi connectivity index (χ3n) is 4.70. The maximum atomic E-state index is 5.85. The second kappa shape index (κ2) is 7.22. The van der Waals surface area contributed by atoms with E-state index >= 15 is 0 Å². The third-order valence-corrected chi connectivity index (χ3v) is 4.70. The molecule has 2 fully saturated rings. The Bertz CT molecular complexity index is 435. The number of fused-ring (bicyclic) bond motifs is 1. The van der Waals surface area contributed by atoms with E-state index < -0.39 is 0 Å². The van der Waals surface area contributed by atoms with Gasteiger partial charge in [-0.25, -0.2) is 0 Å². The maximum Gasteiger partial charge on any atom is 0.318 e. The van der Waals surface area contributed by atoms with Crippen molar-refractivity contribution in [2.24, 2.45) is 5.92 Å². The van der Waals surface area contributed by atoms with Gasteiger partial charge in [-0.1, -0.05) is 17.9 Å². The minimum Gasteiger partial charge on any atom is -0.407 e. The van der Waals surface area contributed by atoms with Crippen LogP contribution in [0.15, 0.2) is 4.42 Å². The normalized spacial score (nSPS) is 25.9. The lowest BCUT2D eigenvalue weighted by molar-refractivity contribution is 0.198. The average Bonchev–Trinajstić information content (AvgIpc) is 3.00. The molecule has 1 aromatic rings. The standard InChI is InChI=1S/C15H26N4O2/c1-20-10-8-16-11-14-17-18-15(21-14)19-9-4-6-12-5-2-3-7-13(12)19/h12-13,16H,2-11H2,1H3. The first-order valence-electron chi connectivity index (χ1n) is 8.17. The molecule has 2 atom stereocenters. The van der Waals surface area contributed by atoms with Gasteiger partial charge in [0.1, 0.15) is 0 Å². The van der Waals surface area contributed by atoms with E-state index in [1.807, 2.05) is 0 Å². The van der Waals surface area contributed by atoms with Crippen LogP contribution in [0.1, 0.15) is 44.4 Å². The number of anilines is 1. The zero-order valence-corrected chi connectivity index (χ0v) is 12.9. The van der Waals surface area contributed by atoms with Crippen molar-refractivity contribution in [3.63, 3.8) is 0 Å². The van der Waals surface area contributed by atoms with E-state index in [9.17, 15) is 0 Å². The number of rotatable bonds is 6. The van der Waals surface area contributed by atoms with Crippen LogP contribution in [0, 0.1) is 5.92 Å². The molecule has 1 aromatic heterocycles. The SMILES string of the molecule is COCCNCc1nnc(N2CCCC3CCCCC32)o1. The molecule has 2 aliphatic rings. The van der Waals surface area contributed by atoms with E-state index in [0.717, 1.165) is 25.0 Å². The van der Waals surface area contributed by atoms with Gasteiger partial charge in [-0.05, 0) is 31.6 Å². The fourth-order valence-corrected chi connectivity index (χ4v) is 3.66. The number of piperidine rings is 1. The molecular formula is C15H26N4O2. The summed E-state index contributed by atoms with van der Waals surface area (Å²) in [5.74, 6) is 1.49. The van der Waals surface area contributed by atoms with E-state index in [1.54, 1.807) is 7.11 Å². The van der Waals surface area contributed by atoms with Crippen molar-refractivity contribution in [2.45, 2.75) is 51.1 Å². The molecule has 1 saturated carbocycles. The predicted molar refractivity (Wildman–Crippen MR) is 80.2 cm³/mol. The van der Waals surface area contributed by atoms with E-state index in [2.05, 4.69) is 20.4 Å². The van der Waals surface area contributed by atoms with Crippen molar-refractivity contribution in [3.8, 4) is 0 Å². The highest BCUT2D eigenvalue weighted by Crippen LogP contribution is 2.37. The highest BCUT2D eigenvalue weighted by Gasteiger charge is 2.35. The van der Waals surface area contributed by atoms with E-state index in [0.29, 0.717) is 25.1 Å². The van der Waals surface area contributed by atoms with Gasteiger partial charge >= 0.3 is 6.01 Å². The highest BCUT2D eigenvalue weighted by molar-refractivity contribution is 5.28. The number of ether oxygens (including phenoxy) is 1. The van der Waals surface area contributed by atoms with Crippen molar-refractivity contribution >= 4 is 6.01 Å². The molecule has 6 heteroatoms. The van der Waals surface area contributed by atoms with Crippen molar-refractivity contribution in [1.82, 2.24) is 15.5 Å². The number of nitrogens with zero attached hydrogens (tertiary/aromatic N) is 3. The second-order valence-corrected chi connectivity index (χ2v) is 6.10. The third kappa shape index (κ3) is 3.55. The van der Waals surface area contributed by atoms with Crippen LogP contribution < -0.4 is 10.2 Å². The lowest BCUT2D eigenvalue weighted by atomic mass is 9.78. The van der Waals surface area contributed by atoms with Crippen molar-refractivity contribution in [3.05, 3.63) is 5.89 Å². The quantitative estimate of drug-likeness (QED) is 0.809. The summed E-state index contributed by atoms with van der Waals surface area (Å²) < 4.78 is 10.9. The zero-order chi connectivity index (χ0) is 14.5. The Morgan fingerprint density at radius 1 is 1.24 bits per heavy atom. The first-order chi connectivity index (χ1) is 10.4. The number of hydrogen-bond acceptors (Lipinski definition) is 6. The van der Waals surface area contributed by atoms with Gasteiger partial charge in [-0.2, -0.15) is 0 Å². The predicted octanol–water partition coefficient (Wildman–Crippen LogP) is 1.96. The van der Waals surface area contributed by atoms with Gasteiger partial charge in [-0.3, -0.25) is 0 Å². The molecule has 2 heterocycles. The van der Waals surface area contributed by atoms with Crippen LogP contribution in [0.25, 0.3) is 0 Å². The Balaban J connectivity index is 1.59. The van der Waals surface area contributed by atoms with Crippen LogP contribution in [0.2, 0.25) is 0 Å². The summed E-state index contributed by atoms with van der Waals surface area (Å²) in [6.45, 7) is 3.15. The molecule has 0 bridgehead atoms. The van der Waals surface area contributed by atoms with Crippen LogP contribution in [-0.2, 0) is 11.3 Å². The van der Waals surface area contributed by atoms with Crippen molar-refractivity contribution < 1.29 is 9.15 Å². The number of nitrogens with one attached hydrogen (secondary N) is 1. The summed E-state index contributed by atoms with van der Waals surface area (Å²) in [6.07, 6.45) is 7.95. The number of aromatic nitrogens is 2. The fourth-order valence-electron chi connectivity index (χ4n) is 3.66. The summed E-state index contributed by atoms with van der Waals surface area (Å²) in [5, 5.41) is 11.7. The fraction of sp³-hybridized carbons (Fsp3) is 0.867. The van der Waals surface area contributed by atoms with Gasteiger partial charge in [0.15, 0.2) is 0 Å². The summed E-state index contributed by atoms with van der Waals surface area (Å²) in [4.78, 5) is 2.36. The van der Waals surface area contributed by atoms with Gasteiger partial charge in [0, 0.05) is 26.2 Å². The van der Waals surface area contributed by atoms with Gasteiger partial charge in [0.25, 0.3) is 0 Å². The molecule has 6 nitrogen and oxygen atoms in total. The molecule has 1 N–H and O–H groups in total. The Morgan fingerprint density at radius 3 is 3.00 bits per heavy atom. The smallest absolute Gasteiger partial charge is 0.318 e. The molecule has 21 heavy (non-hydrogen) atoms. The molecule has 0 radical (unpaired) electrons. The van der Waals surface area contributed by atoms with Crippen LogP contribution >= 0.6 is 0 Å². The Labute approximate surface area is 126 Å². The first-order valence-corrected chi connectivity index (χ1v) is 8.17. The number of methoxy groups -OCH3 is 1. The van der Waals surface area contributed by atoms with Gasteiger partial charge in [0.2, 0.25) is 5.89 Å². The van der Waals surface area contributed by atoms with Gasteiger partial charge in [0.05, 0.1) is 13.2 Å². The molecule has 1 aliphatic heterocycles. The second-order valence-electron chi connectivity index (χ2n) is 6.10. The summed E-state index contributed by atoms with van der Waals surface area (Å²) in [5.41, 5.74) is 0. The van der Waals surface area contributed by atoms with Gasteiger partial charge < -0.3 is 19.4 Å². The number of hydrogen-bond donors (Lipinski definition) is 1. The Morgan fingerprint density at radius 2 is 2.10 bits per heavy atom. The van der Waals surface area contributed by atoms with Crippen molar-refractivity contribution in [1.29, 1.82) is 0 Å². The molecular weight excluding hydrogens is 268 g/mol. The molecule has 0 spiro atoms. The molecule has 1 saturated heterocycles. The minimum atomic E-state index is 0.609. The maximum absolute atomic E-state index is 5.85. The molecule has 3 rings (SSSR count). The van der Waals surface area contributed by atoms with Crippen LogP contribution in [0.3, 0.4) is 0 Å². The Hall–Kier alpha value is -1.14. The topological polar surface area (TPSA) is 63.4 Å². The van der Waals surface area contributed by atoms with Crippen LogP contribution in [0.5, 0.6) is 0 Å². The zero-order valence-electron chi connectivity index (χ0n) is 12.9. The molecule has 0 amide bonds. The minimum absolute atomic E-state index is 0.609. The van der Waals surface area contributed by atoms with E-state index in [-0.39, 0.29) is 0 Å². The monoisotopic (exact) mass is 294 g/mol. The lowest BCUT2D eigenvalue weighted by Crippen LogP contribution is -2.47. The summed E-state index contributed by atoms with van der Waals surface area (Å²) in [6, 6.07) is 1.33.